The van der Waals surface area contributed by atoms with Crippen molar-refractivity contribution in [2.24, 2.45) is 10.9 Å². The van der Waals surface area contributed by atoms with Crippen LogP contribution < -0.4 is 9.83 Å². The van der Waals surface area contributed by atoms with Crippen LogP contribution in [0.3, 0.4) is 0 Å². The number of aliphatic imine (C=N–C) groups is 1. The first-order valence-electron chi connectivity index (χ1n) is 7.39. The van der Waals surface area contributed by atoms with E-state index in [1.54, 1.807) is 36.4 Å². The lowest BCUT2D eigenvalue weighted by Gasteiger charge is -2.17. The SMILES string of the molecule is CC(C)CN=C([O-])c1ccccc1NS(=O)(=O)c1ccc(Br)cc1. The second-order valence-electron chi connectivity index (χ2n) is 5.64. The molecule has 0 saturated carbocycles. The highest BCUT2D eigenvalue weighted by atomic mass is 79.9. The molecule has 0 radical (unpaired) electrons. The van der Waals surface area contributed by atoms with E-state index < -0.39 is 15.9 Å². The highest BCUT2D eigenvalue weighted by Crippen LogP contribution is 2.21. The molecule has 0 aromatic heterocycles. The zero-order valence-electron chi connectivity index (χ0n) is 13.4. The second kappa shape index (κ2) is 7.81. The zero-order chi connectivity index (χ0) is 17.7. The van der Waals surface area contributed by atoms with Gasteiger partial charge in [0, 0.05) is 16.6 Å². The van der Waals surface area contributed by atoms with E-state index >= 15 is 0 Å². The fourth-order valence-electron chi connectivity index (χ4n) is 1.93. The van der Waals surface area contributed by atoms with E-state index in [2.05, 4.69) is 25.6 Å². The molecule has 24 heavy (non-hydrogen) atoms. The normalized spacial score (nSPS) is 12.4. The monoisotopic (exact) mass is 409 g/mol. The Balaban J connectivity index is 2.33. The summed E-state index contributed by atoms with van der Waals surface area (Å²) in [6.07, 6.45) is 0. The minimum absolute atomic E-state index is 0.118. The topological polar surface area (TPSA) is 81.6 Å². The number of nitrogens with one attached hydrogen (secondary N) is 1. The van der Waals surface area contributed by atoms with Crippen molar-refractivity contribution in [3.63, 3.8) is 0 Å². The van der Waals surface area contributed by atoms with Gasteiger partial charge in [-0.15, -0.1) is 0 Å². The minimum Gasteiger partial charge on any atom is -0.858 e. The number of rotatable bonds is 6. The molecule has 0 bridgehead atoms. The number of benzene rings is 2. The minimum atomic E-state index is -3.78. The number of anilines is 1. The van der Waals surface area contributed by atoms with Crippen molar-refractivity contribution in [2.45, 2.75) is 18.7 Å². The fraction of sp³-hybridized carbons (Fsp3) is 0.235. The molecular formula is C17H18BrN2O3S-. The van der Waals surface area contributed by atoms with E-state index in [4.69, 9.17) is 0 Å². The molecule has 0 heterocycles. The van der Waals surface area contributed by atoms with Gasteiger partial charge in [-0.25, -0.2) is 8.42 Å². The van der Waals surface area contributed by atoms with E-state index in [0.717, 1.165) is 4.47 Å². The number of hydrogen-bond acceptors (Lipinski definition) is 4. The molecule has 2 rings (SSSR count). The van der Waals surface area contributed by atoms with Crippen molar-refractivity contribution in [1.82, 2.24) is 0 Å². The maximum atomic E-state index is 12.5. The predicted molar refractivity (Wildman–Crippen MR) is 97.6 cm³/mol. The summed E-state index contributed by atoms with van der Waals surface area (Å²) < 4.78 is 28.2. The van der Waals surface area contributed by atoms with Crippen LogP contribution in [-0.4, -0.2) is 20.9 Å². The Bertz CT molecular complexity index is 831. The standard InChI is InChI=1S/C17H19BrN2O3S/c1-12(2)11-19-17(21)15-5-3-4-6-16(15)20-24(22,23)14-9-7-13(18)8-10-14/h3-10,12,20H,11H2,1-2H3,(H,19,21)/p-1. The van der Waals surface area contributed by atoms with Crippen molar-refractivity contribution in [1.29, 1.82) is 0 Å². The highest BCUT2D eigenvalue weighted by molar-refractivity contribution is 9.10. The van der Waals surface area contributed by atoms with Gasteiger partial charge in [-0.3, -0.25) is 4.72 Å². The highest BCUT2D eigenvalue weighted by Gasteiger charge is 2.15. The first-order valence-corrected chi connectivity index (χ1v) is 9.66. The van der Waals surface area contributed by atoms with E-state index in [0.29, 0.717) is 6.54 Å². The maximum absolute atomic E-state index is 12.5. The van der Waals surface area contributed by atoms with Crippen LogP contribution in [0.25, 0.3) is 0 Å². The number of nitrogens with zero attached hydrogens (tertiary/aromatic N) is 1. The lowest BCUT2D eigenvalue weighted by molar-refractivity contribution is -0.213. The van der Waals surface area contributed by atoms with Crippen LogP contribution in [0.4, 0.5) is 5.69 Å². The lowest BCUT2D eigenvalue weighted by Crippen LogP contribution is -2.23. The predicted octanol–water partition coefficient (Wildman–Crippen LogP) is 3.01. The van der Waals surface area contributed by atoms with Gasteiger partial charge in [0.2, 0.25) is 0 Å². The number of para-hydroxylation sites is 1. The zero-order valence-corrected chi connectivity index (χ0v) is 15.8. The first-order chi connectivity index (χ1) is 11.3. The molecule has 7 heteroatoms. The summed E-state index contributed by atoms with van der Waals surface area (Å²) in [5, 5.41) is 12.2. The third kappa shape index (κ3) is 4.82. The Labute approximate surface area is 150 Å². The Morgan fingerprint density at radius 2 is 1.79 bits per heavy atom. The summed E-state index contributed by atoms with van der Waals surface area (Å²) in [6.45, 7) is 4.31. The molecule has 0 fully saturated rings. The summed E-state index contributed by atoms with van der Waals surface area (Å²) in [6, 6.07) is 12.7. The van der Waals surface area contributed by atoms with E-state index in [-0.39, 0.29) is 22.1 Å². The average Bonchev–Trinajstić information content (AvgIpc) is 2.53. The first kappa shape index (κ1) is 18.5. The van der Waals surface area contributed by atoms with Gasteiger partial charge in [0.1, 0.15) is 0 Å². The summed E-state index contributed by atoms with van der Waals surface area (Å²) in [5.41, 5.74) is 0.455. The van der Waals surface area contributed by atoms with Crippen molar-refractivity contribution in [3.8, 4) is 0 Å². The third-order valence-corrected chi connectivity index (χ3v) is 5.04. The van der Waals surface area contributed by atoms with Crippen molar-refractivity contribution < 1.29 is 13.5 Å². The van der Waals surface area contributed by atoms with Crippen LogP contribution in [0, 0.1) is 5.92 Å². The summed E-state index contributed by atoms with van der Waals surface area (Å²) >= 11 is 3.27. The maximum Gasteiger partial charge on any atom is 0.261 e. The van der Waals surface area contributed by atoms with E-state index in [9.17, 15) is 13.5 Å². The van der Waals surface area contributed by atoms with Crippen LogP contribution in [0.1, 0.15) is 19.4 Å². The fourth-order valence-corrected chi connectivity index (χ4v) is 3.27. The van der Waals surface area contributed by atoms with Gasteiger partial charge < -0.3 is 10.1 Å². The summed E-state index contributed by atoms with van der Waals surface area (Å²) in [4.78, 5) is 4.11. The van der Waals surface area contributed by atoms with Crippen LogP contribution in [0.2, 0.25) is 0 Å². The molecule has 0 unspecified atom stereocenters. The van der Waals surface area contributed by atoms with Crippen molar-refractivity contribution in [3.05, 3.63) is 58.6 Å². The molecule has 0 aliphatic heterocycles. The molecule has 2 aromatic rings. The number of hydrogen-bond donors (Lipinski definition) is 1. The molecule has 0 aliphatic rings. The molecular weight excluding hydrogens is 392 g/mol. The lowest BCUT2D eigenvalue weighted by atomic mass is 10.2. The van der Waals surface area contributed by atoms with Crippen LogP contribution in [0.5, 0.6) is 0 Å². The van der Waals surface area contributed by atoms with Crippen molar-refractivity contribution >= 4 is 37.5 Å². The van der Waals surface area contributed by atoms with Crippen LogP contribution >= 0.6 is 15.9 Å². The van der Waals surface area contributed by atoms with Crippen LogP contribution in [0.15, 0.2) is 62.9 Å². The Morgan fingerprint density at radius 1 is 1.17 bits per heavy atom. The molecule has 1 N–H and O–H groups in total. The van der Waals surface area contributed by atoms with Gasteiger partial charge in [-0.2, -0.15) is 0 Å². The van der Waals surface area contributed by atoms with Gasteiger partial charge in [-0.1, -0.05) is 48.0 Å². The van der Waals surface area contributed by atoms with Crippen LogP contribution in [-0.2, 0) is 10.0 Å². The average molecular weight is 410 g/mol. The van der Waals surface area contributed by atoms with E-state index in [1.165, 1.54) is 12.1 Å². The number of halogens is 1. The molecule has 5 nitrogen and oxygen atoms in total. The van der Waals surface area contributed by atoms with E-state index in [1.807, 2.05) is 13.8 Å². The summed E-state index contributed by atoms with van der Waals surface area (Å²) in [7, 11) is -3.78. The van der Waals surface area contributed by atoms with Gasteiger partial charge in [0.05, 0.1) is 10.6 Å². The molecule has 0 spiro atoms. The Hall–Kier alpha value is -1.86. The van der Waals surface area contributed by atoms with Gasteiger partial charge in [0.25, 0.3) is 10.0 Å². The molecule has 128 valence electrons. The van der Waals surface area contributed by atoms with Gasteiger partial charge >= 0.3 is 0 Å². The smallest absolute Gasteiger partial charge is 0.261 e. The second-order valence-corrected chi connectivity index (χ2v) is 8.24. The number of sulfonamides is 1. The Morgan fingerprint density at radius 3 is 2.42 bits per heavy atom. The molecule has 0 saturated heterocycles. The third-order valence-electron chi connectivity index (χ3n) is 3.13. The van der Waals surface area contributed by atoms with Gasteiger partial charge in [0.15, 0.2) is 0 Å². The molecule has 0 amide bonds. The van der Waals surface area contributed by atoms with Gasteiger partial charge in [-0.05, 0) is 42.1 Å². The Kier molecular flexibility index (Phi) is 6.01. The largest absolute Gasteiger partial charge is 0.858 e. The molecule has 0 atom stereocenters. The molecule has 2 aromatic carbocycles. The quantitative estimate of drug-likeness (QED) is 0.587. The van der Waals surface area contributed by atoms with Crippen molar-refractivity contribution in [2.75, 3.05) is 11.3 Å². The summed E-state index contributed by atoms with van der Waals surface area (Å²) in [5.74, 6) is -0.182. The molecule has 0 aliphatic carbocycles.